The molecule has 0 unspecified atom stereocenters. The molecule has 0 saturated carbocycles. The third-order valence-electron chi connectivity index (χ3n) is 12.0. The van der Waals surface area contributed by atoms with Crippen molar-refractivity contribution >= 4 is 50.2 Å². The van der Waals surface area contributed by atoms with E-state index in [1.165, 1.54) is 88.0 Å². The number of aryl methyl sites for hydroxylation is 1. The molecular weight excluding hydrogens is 717 g/mol. The standard InChI is InChI=1S/C55H52S.C2H6/c1-7-10-25-44-38(4)20-18-30-47(44)53-49-28-17-16-27-48(49)52(41-33-31-40(32-34-41)46-29-19-22-39-21-14-15-26-45(39)46)51-37-43(35-36-50(51)53)55(8-2,9-3)56-54(5,6)42-23-12-11-13-24-42;1-2/h10-37H,7-9H2,1-6H3;1-2H3/b25-10-;. The molecule has 0 bridgehead atoms. The van der Waals surface area contributed by atoms with Crippen molar-refractivity contribution in [3.8, 4) is 33.4 Å². The Kier molecular flexibility index (Phi) is 12.4. The van der Waals surface area contributed by atoms with E-state index >= 15 is 0 Å². The number of hydrogen-bond donors (Lipinski definition) is 0. The fraction of sp³-hybridized carbons (Fsp3) is 0.228. The Morgan fingerprint density at radius 2 is 1.07 bits per heavy atom. The number of rotatable bonds is 11. The molecule has 0 spiro atoms. The first kappa shape index (κ1) is 40.8. The lowest BCUT2D eigenvalue weighted by Gasteiger charge is -2.40. The van der Waals surface area contributed by atoms with E-state index in [9.17, 15) is 0 Å². The molecule has 0 N–H and O–H groups in total. The van der Waals surface area contributed by atoms with Gasteiger partial charge in [0.2, 0.25) is 0 Å². The van der Waals surface area contributed by atoms with Gasteiger partial charge >= 0.3 is 0 Å². The van der Waals surface area contributed by atoms with Crippen LogP contribution < -0.4 is 0 Å². The van der Waals surface area contributed by atoms with Crippen molar-refractivity contribution in [1.29, 1.82) is 0 Å². The molecule has 0 fully saturated rings. The van der Waals surface area contributed by atoms with E-state index in [1.807, 2.05) is 13.8 Å². The maximum atomic E-state index is 2.57. The summed E-state index contributed by atoms with van der Waals surface area (Å²) in [5, 5.41) is 7.73. The lowest BCUT2D eigenvalue weighted by Crippen LogP contribution is -2.27. The Balaban J connectivity index is 0.00000252. The van der Waals surface area contributed by atoms with E-state index in [-0.39, 0.29) is 9.49 Å². The van der Waals surface area contributed by atoms with Crippen molar-refractivity contribution in [3.05, 3.63) is 186 Å². The molecule has 8 rings (SSSR count). The van der Waals surface area contributed by atoms with Gasteiger partial charge in [-0.05, 0) is 134 Å². The van der Waals surface area contributed by atoms with Crippen LogP contribution in [0.1, 0.15) is 90.0 Å². The van der Waals surface area contributed by atoms with Crippen LogP contribution in [0.15, 0.2) is 164 Å². The first-order chi connectivity index (χ1) is 28.3. The van der Waals surface area contributed by atoms with Gasteiger partial charge < -0.3 is 0 Å². The molecule has 0 heterocycles. The van der Waals surface area contributed by atoms with Crippen LogP contribution in [0, 0.1) is 6.92 Å². The van der Waals surface area contributed by atoms with E-state index in [4.69, 9.17) is 0 Å². The van der Waals surface area contributed by atoms with Gasteiger partial charge in [-0.2, -0.15) is 0 Å². The minimum absolute atomic E-state index is 0.0703. The monoisotopic (exact) mass is 774 g/mol. The smallest absolute Gasteiger partial charge is 0.0412 e. The van der Waals surface area contributed by atoms with Crippen LogP contribution in [0.25, 0.3) is 71.8 Å². The second-order valence-electron chi connectivity index (χ2n) is 15.7. The van der Waals surface area contributed by atoms with Gasteiger partial charge in [0.05, 0.1) is 0 Å². The minimum atomic E-state index is -0.0762. The summed E-state index contributed by atoms with van der Waals surface area (Å²) in [7, 11) is 0. The van der Waals surface area contributed by atoms with Crippen LogP contribution in [0.2, 0.25) is 0 Å². The second-order valence-corrected chi connectivity index (χ2v) is 17.7. The summed E-state index contributed by atoms with van der Waals surface area (Å²) in [5.74, 6) is 0. The van der Waals surface area contributed by atoms with Crippen molar-refractivity contribution in [2.24, 2.45) is 0 Å². The fourth-order valence-electron chi connectivity index (χ4n) is 8.96. The SMILES string of the molecule is CC.CC/C=C\c1c(C)cccc1-c1c2ccccc2c(-c2ccc(-c3cccc4ccccc34)cc2)c2cc(C(CC)(CC)SC(C)(C)c3ccccc3)ccc12. The van der Waals surface area contributed by atoms with Gasteiger partial charge in [-0.1, -0.05) is 198 Å². The van der Waals surface area contributed by atoms with Crippen LogP contribution in [0.4, 0.5) is 0 Å². The zero-order chi connectivity index (χ0) is 40.9. The topological polar surface area (TPSA) is 0 Å². The average Bonchev–Trinajstić information content (AvgIpc) is 3.27. The molecule has 0 aromatic heterocycles. The Morgan fingerprint density at radius 3 is 1.76 bits per heavy atom. The highest BCUT2D eigenvalue weighted by atomic mass is 32.2. The lowest BCUT2D eigenvalue weighted by molar-refractivity contribution is 0.566. The summed E-state index contributed by atoms with van der Waals surface area (Å²) in [6, 6.07) is 59.1. The van der Waals surface area contributed by atoms with Gasteiger partial charge in [-0.3, -0.25) is 0 Å². The normalized spacial score (nSPS) is 12.0. The van der Waals surface area contributed by atoms with Crippen molar-refractivity contribution in [3.63, 3.8) is 0 Å². The van der Waals surface area contributed by atoms with E-state index in [2.05, 4.69) is 223 Å². The zero-order valence-corrected chi connectivity index (χ0v) is 36.5. The molecule has 58 heavy (non-hydrogen) atoms. The first-order valence-corrected chi connectivity index (χ1v) is 22.2. The molecule has 0 aliphatic rings. The molecule has 8 aromatic rings. The van der Waals surface area contributed by atoms with E-state index < -0.39 is 0 Å². The maximum absolute atomic E-state index is 2.57. The lowest BCUT2D eigenvalue weighted by atomic mass is 9.81. The summed E-state index contributed by atoms with van der Waals surface area (Å²) >= 11 is 2.12. The molecule has 0 saturated heterocycles. The number of thioether (sulfide) groups is 1. The molecule has 1 heteroatoms. The quantitative estimate of drug-likeness (QED) is 0.118. The zero-order valence-electron chi connectivity index (χ0n) is 35.7. The highest BCUT2D eigenvalue weighted by molar-refractivity contribution is 8.01. The first-order valence-electron chi connectivity index (χ1n) is 21.4. The van der Waals surface area contributed by atoms with Crippen LogP contribution in [-0.4, -0.2) is 0 Å². The Labute approximate surface area is 352 Å². The molecule has 8 aromatic carbocycles. The predicted molar refractivity (Wildman–Crippen MR) is 260 cm³/mol. The highest BCUT2D eigenvalue weighted by Crippen LogP contribution is 2.54. The molecule has 0 aliphatic carbocycles. The molecule has 0 amide bonds. The van der Waals surface area contributed by atoms with Gasteiger partial charge in [0.25, 0.3) is 0 Å². The van der Waals surface area contributed by atoms with E-state index in [1.54, 1.807) is 0 Å². The van der Waals surface area contributed by atoms with Gasteiger partial charge in [-0.15, -0.1) is 11.8 Å². The molecule has 0 nitrogen and oxygen atoms in total. The van der Waals surface area contributed by atoms with Crippen LogP contribution in [-0.2, 0) is 9.49 Å². The van der Waals surface area contributed by atoms with Crippen molar-refractivity contribution in [2.75, 3.05) is 0 Å². The van der Waals surface area contributed by atoms with Gasteiger partial charge in [0, 0.05) is 9.49 Å². The number of fused-ring (bicyclic) bond motifs is 3. The second kappa shape index (κ2) is 17.6. The molecule has 0 aliphatic heterocycles. The number of benzene rings is 8. The Bertz CT molecular complexity index is 2690. The summed E-state index contributed by atoms with van der Waals surface area (Å²) in [6.45, 7) is 18.0. The van der Waals surface area contributed by atoms with Crippen LogP contribution >= 0.6 is 11.8 Å². The number of hydrogen-bond acceptors (Lipinski definition) is 1. The summed E-state index contributed by atoms with van der Waals surface area (Å²) in [4.78, 5) is 0. The highest BCUT2D eigenvalue weighted by Gasteiger charge is 2.37. The van der Waals surface area contributed by atoms with Gasteiger partial charge in [0.1, 0.15) is 0 Å². The van der Waals surface area contributed by atoms with Crippen molar-refractivity contribution in [2.45, 2.75) is 84.1 Å². The van der Waals surface area contributed by atoms with Crippen LogP contribution in [0.3, 0.4) is 0 Å². The van der Waals surface area contributed by atoms with Crippen molar-refractivity contribution < 1.29 is 0 Å². The Morgan fingerprint density at radius 1 is 0.500 bits per heavy atom. The Hall–Kier alpha value is -5.37. The van der Waals surface area contributed by atoms with Crippen LogP contribution in [0.5, 0.6) is 0 Å². The summed E-state index contributed by atoms with van der Waals surface area (Å²) in [5.41, 5.74) is 13.0. The summed E-state index contributed by atoms with van der Waals surface area (Å²) in [6.07, 6.45) is 7.70. The van der Waals surface area contributed by atoms with Gasteiger partial charge in [-0.25, -0.2) is 0 Å². The molecule has 0 radical (unpaired) electrons. The fourth-order valence-corrected chi connectivity index (χ4v) is 10.7. The number of allylic oxidation sites excluding steroid dienone is 1. The molecule has 292 valence electrons. The third kappa shape index (κ3) is 7.66. The van der Waals surface area contributed by atoms with E-state index in [0.717, 1.165) is 19.3 Å². The predicted octanol–water partition coefficient (Wildman–Crippen LogP) is 17.6. The molecular formula is C57H58S. The van der Waals surface area contributed by atoms with Crippen molar-refractivity contribution in [1.82, 2.24) is 0 Å². The maximum Gasteiger partial charge on any atom is 0.0412 e. The average molecular weight is 775 g/mol. The minimum Gasteiger partial charge on any atom is -0.139 e. The van der Waals surface area contributed by atoms with E-state index in [0.29, 0.717) is 0 Å². The molecule has 0 atom stereocenters. The summed E-state index contributed by atoms with van der Waals surface area (Å²) < 4.78 is -0.147. The largest absolute Gasteiger partial charge is 0.139 e. The van der Waals surface area contributed by atoms with Gasteiger partial charge in [0.15, 0.2) is 0 Å². The third-order valence-corrected chi connectivity index (χ3v) is 13.9.